The molecule has 1 aromatic rings. The van der Waals surface area contributed by atoms with Gasteiger partial charge in [0, 0.05) is 6.04 Å². The second-order valence-electron chi connectivity index (χ2n) is 4.15. The van der Waals surface area contributed by atoms with Crippen LogP contribution in [0.1, 0.15) is 12.1 Å². The third kappa shape index (κ3) is 2.84. The number of halogens is 1. The second-order valence-corrected chi connectivity index (χ2v) is 4.53. The van der Waals surface area contributed by atoms with Crippen LogP contribution in [0.5, 0.6) is 0 Å². The number of carbonyl (C=O) groups excluding carboxylic acids is 1. The van der Waals surface area contributed by atoms with Crippen LogP contribution < -0.4 is 11.1 Å². The third-order valence-electron chi connectivity index (χ3n) is 2.76. The average Bonchev–Trinajstić information content (AvgIpc) is 2.69. The van der Waals surface area contributed by atoms with Crippen LogP contribution >= 0.6 is 11.6 Å². The van der Waals surface area contributed by atoms with E-state index in [-0.39, 0.29) is 17.9 Å². The van der Waals surface area contributed by atoms with E-state index in [1.54, 1.807) is 19.1 Å². The lowest BCUT2D eigenvalue weighted by Crippen LogP contribution is -2.24. The van der Waals surface area contributed by atoms with Crippen molar-refractivity contribution in [3.8, 4) is 0 Å². The van der Waals surface area contributed by atoms with Gasteiger partial charge in [0.1, 0.15) is 5.15 Å². The van der Waals surface area contributed by atoms with Gasteiger partial charge in [-0.25, -0.2) is 4.98 Å². The fourth-order valence-corrected chi connectivity index (χ4v) is 2.00. The lowest BCUT2D eigenvalue weighted by atomic mass is 10.1. The summed E-state index contributed by atoms with van der Waals surface area (Å²) >= 11 is 5.75. The van der Waals surface area contributed by atoms with Gasteiger partial charge in [0.15, 0.2) is 0 Å². The van der Waals surface area contributed by atoms with Gasteiger partial charge in [-0.1, -0.05) is 23.8 Å². The normalized spacial score (nSPS) is 22.8. The van der Waals surface area contributed by atoms with Crippen LogP contribution in [0.25, 0.3) is 0 Å². The molecule has 4 nitrogen and oxygen atoms in total. The number of rotatable bonds is 2. The maximum absolute atomic E-state index is 11.9. The van der Waals surface area contributed by atoms with Crippen molar-refractivity contribution in [1.82, 2.24) is 4.98 Å². The number of hydrogen-bond acceptors (Lipinski definition) is 3. The number of anilines is 1. The third-order valence-corrected chi connectivity index (χ3v) is 2.97. The Labute approximate surface area is 105 Å². The maximum Gasteiger partial charge on any atom is 0.231 e. The van der Waals surface area contributed by atoms with E-state index >= 15 is 0 Å². The molecule has 1 aliphatic rings. The molecule has 0 saturated heterocycles. The molecule has 5 heteroatoms. The number of aryl methyl sites for hydroxylation is 1. The minimum atomic E-state index is -0.153. The molecule has 0 spiro atoms. The summed E-state index contributed by atoms with van der Waals surface area (Å²) in [5, 5.41) is 3.25. The molecule has 17 heavy (non-hydrogen) atoms. The Morgan fingerprint density at radius 1 is 1.53 bits per heavy atom. The SMILES string of the molecule is Cc1nc(Cl)ccc1NC(=O)C1C=CC(N)C1. The van der Waals surface area contributed by atoms with Gasteiger partial charge in [0.25, 0.3) is 0 Å². The molecule has 2 atom stereocenters. The highest BCUT2D eigenvalue weighted by molar-refractivity contribution is 6.29. The molecular formula is C12H14ClN3O. The van der Waals surface area contributed by atoms with E-state index in [2.05, 4.69) is 10.3 Å². The van der Waals surface area contributed by atoms with Crippen LogP contribution in [0.2, 0.25) is 5.15 Å². The summed E-state index contributed by atoms with van der Waals surface area (Å²) in [7, 11) is 0. The second kappa shape index (κ2) is 4.85. The molecule has 2 unspecified atom stereocenters. The van der Waals surface area contributed by atoms with Crippen molar-refractivity contribution in [3.63, 3.8) is 0 Å². The Balaban J connectivity index is 2.06. The molecule has 1 aromatic heterocycles. The van der Waals surface area contributed by atoms with Crippen molar-refractivity contribution in [3.05, 3.63) is 35.1 Å². The largest absolute Gasteiger partial charge is 0.324 e. The molecule has 2 rings (SSSR count). The van der Waals surface area contributed by atoms with Gasteiger partial charge in [0.2, 0.25) is 5.91 Å². The summed E-state index contributed by atoms with van der Waals surface area (Å²) in [6.45, 7) is 1.80. The average molecular weight is 252 g/mol. The van der Waals surface area contributed by atoms with E-state index in [9.17, 15) is 4.79 Å². The summed E-state index contributed by atoms with van der Waals surface area (Å²) in [5.41, 5.74) is 7.10. The lowest BCUT2D eigenvalue weighted by molar-refractivity contribution is -0.118. The van der Waals surface area contributed by atoms with Gasteiger partial charge in [0.05, 0.1) is 17.3 Å². The zero-order valence-corrected chi connectivity index (χ0v) is 10.2. The zero-order chi connectivity index (χ0) is 12.4. The summed E-state index contributed by atoms with van der Waals surface area (Å²) in [4.78, 5) is 16.0. The van der Waals surface area contributed by atoms with Gasteiger partial charge < -0.3 is 11.1 Å². The Morgan fingerprint density at radius 2 is 2.29 bits per heavy atom. The summed E-state index contributed by atoms with van der Waals surface area (Å²) in [5.74, 6) is -0.207. The van der Waals surface area contributed by atoms with Crippen LogP contribution in [0.3, 0.4) is 0 Å². The van der Waals surface area contributed by atoms with Crippen LogP contribution in [0.4, 0.5) is 5.69 Å². The molecule has 0 fully saturated rings. The van der Waals surface area contributed by atoms with E-state index in [1.807, 2.05) is 12.2 Å². The van der Waals surface area contributed by atoms with Gasteiger partial charge >= 0.3 is 0 Å². The first-order valence-corrected chi connectivity index (χ1v) is 5.82. The Hall–Kier alpha value is -1.39. The van der Waals surface area contributed by atoms with Crippen molar-refractivity contribution in [2.24, 2.45) is 11.7 Å². The first-order valence-electron chi connectivity index (χ1n) is 5.44. The summed E-state index contributed by atoms with van der Waals surface area (Å²) in [6.07, 6.45) is 4.36. The number of hydrogen-bond donors (Lipinski definition) is 2. The minimum absolute atomic E-state index is 0.0183. The maximum atomic E-state index is 11.9. The predicted molar refractivity (Wildman–Crippen MR) is 67.8 cm³/mol. The smallest absolute Gasteiger partial charge is 0.231 e. The standard InChI is InChI=1S/C12H14ClN3O/c1-7-10(4-5-11(13)15-7)16-12(17)8-2-3-9(14)6-8/h2-5,8-9H,6,14H2,1H3,(H,16,17). The highest BCUT2D eigenvalue weighted by Gasteiger charge is 2.23. The van der Waals surface area contributed by atoms with E-state index in [4.69, 9.17) is 17.3 Å². The Kier molecular flexibility index (Phi) is 3.45. The van der Waals surface area contributed by atoms with Crippen molar-refractivity contribution < 1.29 is 4.79 Å². The number of amides is 1. The van der Waals surface area contributed by atoms with Gasteiger partial charge in [-0.2, -0.15) is 0 Å². The van der Waals surface area contributed by atoms with Gasteiger partial charge in [-0.05, 0) is 25.5 Å². The molecule has 0 radical (unpaired) electrons. The summed E-state index contributed by atoms with van der Waals surface area (Å²) < 4.78 is 0. The molecule has 3 N–H and O–H groups in total. The Morgan fingerprint density at radius 3 is 2.88 bits per heavy atom. The first kappa shape index (κ1) is 12.1. The zero-order valence-electron chi connectivity index (χ0n) is 9.48. The molecule has 0 saturated carbocycles. The summed E-state index contributed by atoms with van der Waals surface area (Å²) in [6, 6.07) is 3.39. The monoisotopic (exact) mass is 251 g/mol. The molecule has 1 heterocycles. The molecule has 1 aliphatic carbocycles. The molecule has 0 aromatic carbocycles. The van der Waals surface area contributed by atoms with E-state index in [1.165, 1.54) is 0 Å². The Bertz CT molecular complexity index is 473. The van der Waals surface area contributed by atoms with E-state index in [0.717, 1.165) is 0 Å². The lowest BCUT2D eigenvalue weighted by Gasteiger charge is -2.12. The van der Waals surface area contributed by atoms with E-state index < -0.39 is 0 Å². The van der Waals surface area contributed by atoms with Crippen molar-refractivity contribution in [2.75, 3.05) is 5.32 Å². The number of nitrogens with two attached hydrogens (primary N) is 1. The predicted octanol–water partition coefficient (Wildman–Crippen LogP) is 1.89. The highest BCUT2D eigenvalue weighted by Crippen LogP contribution is 2.21. The number of nitrogens with one attached hydrogen (secondary N) is 1. The van der Waals surface area contributed by atoms with Gasteiger partial charge in [-0.15, -0.1) is 0 Å². The molecule has 90 valence electrons. The molecule has 0 bridgehead atoms. The van der Waals surface area contributed by atoms with Crippen LogP contribution in [0.15, 0.2) is 24.3 Å². The number of carbonyl (C=O) groups is 1. The first-order chi connectivity index (χ1) is 8.06. The highest BCUT2D eigenvalue weighted by atomic mass is 35.5. The number of nitrogens with zero attached hydrogens (tertiary/aromatic N) is 1. The fourth-order valence-electron chi connectivity index (χ4n) is 1.81. The number of pyridine rings is 1. The van der Waals surface area contributed by atoms with Crippen LogP contribution in [0, 0.1) is 12.8 Å². The fraction of sp³-hybridized carbons (Fsp3) is 0.333. The van der Waals surface area contributed by atoms with E-state index in [0.29, 0.717) is 23.0 Å². The quantitative estimate of drug-likeness (QED) is 0.623. The van der Waals surface area contributed by atoms with Crippen molar-refractivity contribution in [2.45, 2.75) is 19.4 Å². The van der Waals surface area contributed by atoms with Crippen LogP contribution in [-0.2, 0) is 4.79 Å². The molecule has 1 amide bonds. The molecule has 0 aliphatic heterocycles. The number of aromatic nitrogens is 1. The van der Waals surface area contributed by atoms with Crippen molar-refractivity contribution in [1.29, 1.82) is 0 Å². The van der Waals surface area contributed by atoms with Gasteiger partial charge in [-0.3, -0.25) is 4.79 Å². The topological polar surface area (TPSA) is 68.0 Å². The molecular weight excluding hydrogens is 238 g/mol. The minimum Gasteiger partial charge on any atom is -0.324 e. The van der Waals surface area contributed by atoms with Crippen LogP contribution in [-0.4, -0.2) is 16.9 Å². The van der Waals surface area contributed by atoms with Crippen molar-refractivity contribution >= 4 is 23.2 Å².